The number of methoxy groups -OCH3 is 2. The van der Waals surface area contributed by atoms with E-state index in [1.165, 1.54) is 10.6 Å². The Balaban J connectivity index is 0.000000239. The van der Waals surface area contributed by atoms with Gasteiger partial charge in [-0.15, -0.1) is 12.1 Å². The molecule has 4 aromatic rings. The van der Waals surface area contributed by atoms with E-state index in [1.54, 1.807) is 14.2 Å². The molecule has 4 aromatic carbocycles. The van der Waals surface area contributed by atoms with Gasteiger partial charge in [0.25, 0.3) is 11.7 Å². The van der Waals surface area contributed by atoms with Crippen molar-refractivity contribution in [3.8, 4) is 23.0 Å². The van der Waals surface area contributed by atoms with E-state index in [0.717, 1.165) is 34.1 Å². The van der Waals surface area contributed by atoms with Gasteiger partial charge in [-0.05, 0) is 65.8 Å². The molecule has 2 aliphatic heterocycles. The van der Waals surface area contributed by atoms with Crippen LogP contribution in [-0.2, 0) is 15.1 Å². The zero-order valence-corrected chi connectivity index (χ0v) is 34.5. The molecule has 2 heterocycles. The predicted octanol–water partition coefficient (Wildman–Crippen LogP) is 11.1. The predicted molar refractivity (Wildman–Crippen MR) is 209 cm³/mol. The van der Waals surface area contributed by atoms with Crippen LogP contribution in [0.2, 0.25) is 0 Å². The molecule has 0 aliphatic carbocycles. The van der Waals surface area contributed by atoms with Crippen molar-refractivity contribution in [1.29, 1.82) is 0 Å². The summed E-state index contributed by atoms with van der Waals surface area (Å²) in [4.78, 5) is 0. The standard InChI is InChI=1S/C24H32O4P2.C14H14N2.2ClH.Ru/c1-23(2,3)29-19-15(25-7)11-9-13-17(19)27-21(29)22-28-18-14-10-12-16(26-8)20(18)30(22)24(4,5)6;15-13(11-7-3-1-4-8-11)14(16)12-9-5-2-6-10-12;;;/h9-14,21-22H,1-8H3;1-10,13-16H;2*1H;/q;-2;;;+4/t21-,22-,29?,30?;13-,14-;;;/m01.../s1. The van der Waals surface area contributed by atoms with Gasteiger partial charge in [0.2, 0.25) is 0 Å². The van der Waals surface area contributed by atoms with E-state index in [0.29, 0.717) is 0 Å². The van der Waals surface area contributed by atoms with E-state index >= 15 is 0 Å². The van der Waals surface area contributed by atoms with Crippen LogP contribution < -0.4 is 29.6 Å². The smallest absolute Gasteiger partial charge is 0.0606 e. The molecule has 0 aromatic heterocycles. The Labute approximate surface area is 310 Å². The zero-order chi connectivity index (χ0) is 35.9. The fourth-order valence-corrected chi connectivity index (χ4v) is 14.2. The number of benzene rings is 4. The van der Waals surface area contributed by atoms with E-state index in [1.807, 2.05) is 72.8 Å². The topological polar surface area (TPSA) is 84.5 Å². The molecule has 0 saturated carbocycles. The molecule has 2 unspecified atom stereocenters. The summed E-state index contributed by atoms with van der Waals surface area (Å²) in [6, 6.07) is 30.4. The first-order chi connectivity index (χ1) is 23.3. The largest absolute Gasteiger partial charge is 0.672 e. The minimum atomic E-state index is -1.16. The number of nitrogens with one attached hydrogen (secondary N) is 2. The summed E-state index contributed by atoms with van der Waals surface area (Å²) in [5.41, 5.74) is 17.9. The van der Waals surface area contributed by atoms with E-state index in [2.05, 4.69) is 65.8 Å². The molecule has 6 rings (SSSR count). The van der Waals surface area contributed by atoms with E-state index < -0.39 is 27.9 Å². The summed E-state index contributed by atoms with van der Waals surface area (Å²) >= 11 is -0.346. The molecule has 2 aliphatic rings. The molecule has 0 amide bonds. The van der Waals surface area contributed by atoms with E-state index in [4.69, 9.17) is 49.8 Å². The summed E-state index contributed by atoms with van der Waals surface area (Å²) in [7, 11) is 10.9. The van der Waals surface area contributed by atoms with E-state index in [-0.39, 0.29) is 37.1 Å². The van der Waals surface area contributed by atoms with Crippen molar-refractivity contribution in [3.63, 3.8) is 0 Å². The quantitative estimate of drug-likeness (QED) is 0.143. The average molecular weight is 831 g/mol. The van der Waals surface area contributed by atoms with Crippen molar-refractivity contribution in [3.05, 3.63) is 120 Å². The summed E-state index contributed by atoms with van der Waals surface area (Å²) in [6.45, 7) is 13.9. The first kappa shape index (κ1) is 39.8. The van der Waals surface area contributed by atoms with Gasteiger partial charge in [-0.2, -0.15) is 0 Å². The fraction of sp³-hybridized carbons (Fsp3) is 0.368. The summed E-state index contributed by atoms with van der Waals surface area (Å²) in [6.07, 6.45) is 0. The second-order valence-corrected chi connectivity index (χ2v) is 23.3. The number of halogens is 2. The van der Waals surface area contributed by atoms with Crippen molar-refractivity contribution < 1.29 is 34.1 Å². The maximum absolute atomic E-state index is 8.07. The van der Waals surface area contributed by atoms with Crippen molar-refractivity contribution in [2.75, 3.05) is 14.2 Å². The molecule has 0 bridgehead atoms. The first-order valence-electron chi connectivity index (χ1n) is 16.1. The molecular formula is C38H48Cl2N2O4P2Ru+2. The number of rotatable bonds is 6. The van der Waals surface area contributed by atoms with Crippen molar-refractivity contribution >= 4 is 45.8 Å². The van der Waals surface area contributed by atoms with Crippen molar-refractivity contribution in [2.45, 2.75) is 75.6 Å². The molecule has 264 valence electrons. The van der Waals surface area contributed by atoms with Crippen LogP contribution in [0.1, 0.15) is 64.8 Å². The van der Waals surface area contributed by atoms with Gasteiger partial charge in [-0.1, -0.05) is 83.9 Å². The second kappa shape index (κ2) is 17.5. The third-order valence-corrected chi connectivity index (χ3v) is 16.2. The SMILES string of the molecule is COc1cccc2c1[PH+](C(C)(C)C)[C@@H]([C@H]1Oc3cccc(OC)c3[PH+]1C(C)(C)C)O2.[Cl][Ru+2][Cl].[NH-][C@H](c1ccccc1)[C@H]([NH-])c1ccccc1. The Hall–Kier alpha value is -1.94. The third-order valence-electron chi connectivity index (χ3n) is 8.57. The number of ether oxygens (including phenoxy) is 4. The van der Waals surface area contributed by atoms with E-state index in [9.17, 15) is 0 Å². The first-order valence-corrected chi connectivity index (χ1v) is 23.7. The fourth-order valence-electron chi connectivity index (χ4n) is 6.50. The third kappa shape index (κ3) is 9.30. The molecule has 2 N–H and O–H groups in total. The van der Waals surface area contributed by atoms with Gasteiger partial charge in [0.1, 0.15) is 0 Å². The maximum Gasteiger partial charge on any atom is -0.0606 e. The van der Waals surface area contributed by atoms with Crippen LogP contribution in [0.5, 0.6) is 23.0 Å². The van der Waals surface area contributed by atoms with Crippen LogP contribution >= 0.6 is 35.2 Å². The van der Waals surface area contributed by atoms with Gasteiger partial charge < -0.3 is 30.4 Å². The van der Waals surface area contributed by atoms with Gasteiger partial charge in [0.05, 0.1) is 40.4 Å². The monoisotopic (exact) mass is 830 g/mol. The van der Waals surface area contributed by atoms with Gasteiger partial charge in [0.15, 0.2) is 33.6 Å². The van der Waals surface area contributed by atoms with Crippen LogP contribution in [0, 0.1) is 0 Å². The van der Waals surface area contributed by atoms with Gasteiger partial charge in [-0.25, -0.2) is 0 Å². The Morgan fingerprint density at radius 3 is 1.20 bits per heavy atom. The maximum atomic E-state index is 8.07. The molecule has 0 fully saturated rings. The van der Waals surface area contributed by atoms with Gasteiger partial charge in [-0.3, -0.25) is 0 Å². The van der Waals surface area contributed by atoms with Crippen molar-refractivity contribution in [2.24, 2.45) is 0 Å². The molecule has 0 spiro atoms. The zero-order valence-electron chi connectivity index (χ0n) is 29.3. The average Bonchev–Trinajstić information content (AvgIpc) is 3.69. The number of hydrogen-bond donors (Lipinski definition) is 0. The number of hydrogen-bond acceptors (Lipinski definition) is 4. The molecule has 6 atom stereocenters. The molecule has 0 saturated heterocycles. The van der Waals surface area contributed by atoms with Crippen LogP contribution in [0.25, 0.3) is 11.5 Å². The van der Waals surface area contributed by atoms with Crippen LogP contribution in [0.3, 0.4) is 0 Å². The number of fused-ring (bicyclic) bond motifs is 2. The minimum Gasteiger partial charge on any atom is -0.672 e. The molecule has 0 radical (unpaired) electrons. The van der Waals surface area contributed by atoms with Gasteiger partial charge >= 0.3 is 34.5 Å². The Morgan fingerprint density at radius 1 is 0.592 bits per heavy atom. The Bertz CT molecular complexity index is 1520. The summed E-state index contributed by atoms with van der Waals surface area (Å²) in [5, 5.41) is 2.71. The normalized spacial score (nSPS) is 20.5. The van der Waals surface area contributed by atoms with Crippen LogP contribution in [0.15, 0.2) is 97.1 Å². The second-order valence-electron chi connectivity index (χ2n) is 13.9. The molecular weight excluding hydrogens is 782 g/mol. The minimum absolute atomic E-state index is 0.0199. The summed E-state index contributed by atoms with van der Waals surface area (Å²) < 4.78 is 25.0. The molecule has 11 heteroatoms. The molecule has 49 heavy (non-hydrogen) atoms. The Morgan fingerprint density at radius 2 is 0.918 bits per heavy atom. The van der Waals surface area contributed by atoms with Crippen LogP contribution in [-0.4, -0.2) is 36.2 Å². The molecule has 6 nitrogen and oxygen atoms in total. The van der Waals surface area contributed by atoms with Crippen molar-refractivity contribution in [1.82, 2.24) is 0 Å². The Kier molecular flexibility index (Phi) is 14.2. The van der Waals surface area contributed by atoms with Gasteiger partial charge in [0, 0.05) is 0 Å². The van der Waals surface area contributed by atoms with Crippen LogP contribution in [0.4, 0.5) is 0 Å². The summed E-state index contributed by atoms with van der Waals surface area (Å²) in [5.74, 6) is 3.85.